The summed E-state index contributed by atoms with van der Waals surface area (Å²) in [5.41, 5.74) is 0.661. The lowest BCUT2D eigenvalue weighted by Crippen LogP contribution is -2.31. The van der Waals surface area contributed by atoms with E-state index in [4.69, 9.17) is 27.9 Å². The molecule has 1 atom stereocenters. The summed E-state index contributed by atoms with van der Waals surface area (Å²) in [5.74, 6) is 0.451. The van der Waals surface area contributed by atoms with Crippen LogP contribution in [-0.2, 0) is 10.0 Å². The number of hydrogen-bond acceptors (Lipinski definition) is 4. The minimum Gasteiger partial charge on any atom is -0.472 e. The van der Waals surface area contributed by atoms with Crippen molar-refractivity contribution in [2.45, 2.75) is 24.3 Å². The van der Waals surface area contributed by atoms with Crippen LogP contribution in [0.5, 0.6) is 5.88 Å². The van der Waals surface area contributed by atoms with E-state index in [1.54, 1.807) is 19.2 Å². The number of halogens is 3. The van der Waals surface area contributed by atoms with Crippen LogP contribution < -0.4 is 4.74 Å². The van der Waals surface area contributed by atoms with Crippen molar-refractivity contribution >= 4 is 49.2 Å². The standard InChI is InChI=1S/C16H15BrCl2N2O3S/c1-10-7-15(14(19)8-13(10)18)25(22,23)21-6-4-11(9-21)24-16-12(17)3-2-5-20-16/h2-3,5,7-8,11H,4,6,9H2,1H3. The van der Waals surface area contributed by atoms with Gasteiger partial charge in [-0.15, -0.1) is 0 Å². The van der Waals surface area contributed by atoms with Crippen LogP contribution in [0.25, 0.3) is 0 Å². The van der Waals surface area contributed by atoms with E-state index in [-0.39, 0.29) is 22.6 Å². The summed E-state index contributed by atoms with van der Waals surface area (Å²) in [6.45, 7) is 2.34. The second kappa shape index (κ2) is 7.40. The summed E-state index contributed by atoms with van der Waals surface area (Å²) < 4.78 is 33.7. The molecule has 3 rings (SSSR count). The Balaban J connectivity index is 1.79. The Morgan fingerprint density at radius 1 is 1.32 bits per heavy atom. The molecule has 5 nitrogen and oxygen atoms in total. The van der Waals surface area contributed by atoms with Crippen molar-refractivity contribution in [1.82, 2.24) is 9.29 Å². The molecule has 0 bridgehead atoms. The smallest absolute Gasteiger partial charge is 0.244 e. The molecule has 0 saturated carbocycles. The third-order valence-corrected chi connectivity index (χ3v) is 7.28. The minimum absolute atomic E-state index is 0.0655. The molecule has 1 unspecified atom stereocenters. The number of benzene rings is 1. The molecule has 1 saturated heterocycles. The van der Waals surface area contributed by atoms with Gasteiger partial charge in [0.05, 0.1) is 16.0 Å². The number of pyridine rings is 1. The van der Waals surface area contributed by atoms with Crippen LogP contribution in [0.3, 0.4) is 0 Å². The second-order valence-electron chi connectivity index (χ2n) is 5.71. The van der Waals surface area contributed by atoms with Crippen LogP contribution in [0.4, 0.5) is 0 Å². The molecule has 1 aromatic heterocycles. The fraction of sp³-hybridized carbons (Fsp3) is 0.312. The highest BCUT2D eigenvalue weighted by Gasteiger charge is 2.35. The molecule has 2 heterocycles. The maximum atomic E-state index is 12.9. The third-order valence-electron chi connectivity index (χ3n) is 3.94. The van der Waals surface area contributed by atoms with E-state index >= 15 is 0 Å². The van der Waals surface area contributed by atoms with E-state index < -0.39 is 10.0 Å². The van der Waals surface area contributed by atoms with Gasteiger partial charge in [-0.3, -0.25) is 0 Å². The number of ether oxygens (including phenoxy) is 1. The van der Waals surface area contributed by atoms with Crippen molar-refractivity contribution in [1.29, 1.82) is 0 Å². The van der Waals surface area contributed by atoms with E-state index in [1.165, 1.54) is 16.4 Å². The summed E-state index contributed by atoms with van der Waals surface area (Å²) in [6, 6.07) is 6.57. The lowest BCUT2D eigenvalue weighted by Gasteiger charge is -2.18. The van der Waals surface area contributed by atoms with Crippen molar-refractivity contribution in [3.63, 3.8) is 0 Å². The first kappa shape index (κ1) is 18.9. The van der Waals surface area contributed by atoms with Gasteiger partial charge in [0.25, 0.3) is 0 Å². The van der Waals surface area contributed by atoms with Crippen molar-refractivity contribution in [3.8, 4) is 5.88 Å². The number of aryl methyl sites for hydroxylation is 1. The van der Waals surface area contributed by atoms with Gasteiger partial charge < -0.3 is 4.74 Å². The van der Waals surface area contributed by atoms with E-state index in [0.717, 1.165) is 4.47 Å². The first-order valence-electron chi connectivity index (χ1n) is 7.52. The number of sulfonamides is 1. The Morgan fingerprint density at radius 3 is 2.80 bits per heavy atom. The molecule has 0 radical (unpaired) electrons. The fourth-order valence-corrected chi connectivity index (χ4v) is 5.24. The molecule has 134 valence electrons. The maximum Gasteiger partial charge on any atom is 0.244 e. The van der Waals surface area contributed by atoms with Gasteiger partial charge >= 0.3 is 0 Å². The highest BCUT2D eigenvalue weighted by Crippen LogP contribution is 2.32. The molecule has 1 aliphatic rings. The average Bonchev–Trinajstić information content (AvgIpc) is 3.02. The molecule has 1 aliphatic heterocycles. The minimum atomic E-state index is -3.71. The molecule has 0 amide bonds. The summed E-state index contributed by atoms with van der Waals surface area (Å²) >= 11 is 15.5. The summed E-state index contributed by atoms with van der Waals surface area (Å²) in [6.07, 6.45) is 1.93. The van der Waals surface area contributed by atoms with Gasteiger partial charge in [-0.25, -0.2) is 13.4 Å². The molecule has 1 aromatic carbocycles. The van der Waals surface area contributed by atoms with Gasteiger partial charge in [0.15, 0.2) is 0 Å². The molecule has 1 fully saturated rings. The first-order valence-corrected chi connectivity index (χ1v) is 10.5. The lowest BCUT2D eigenvalue weighted by molar-refractivity contribution is 0.205. The normalized spacial score (nSPS) is 18.5. The maximum absolute atomic E-state index is 12.9. The Bertz CT molecular complexity index is 908. The third kappa shape index (κ3) is 3.95. The molecule has 0 spiro atoms. The van der Waals surface area contributed by atoms with Gasteiger partial charge in [0.1, 0.15) is 11.0 Å². The monoisotopic (exact) mass is 464 g/mol. The summed E-state index contributed by atoms with van der Waals surface area (Å²) in [4.78, 5) is 4.22. The Morgan fingerprint density at radius 2 is 2.08 bits per heavy atom. The molecule has 2 aromatic rings. The zero-order valence-corrected chi connectivity index (χ0v) is 17.2. The first-order chi connectivity index (χ1) is 11.8. The number of hydrogen-bond donors (Lipinski definition) is 0. The quantitative estimate of drug-likeness (QED) is 0.675. The van der Waals surface area contributed by atoms with Crippen molar-refractivity contribution < 1.29 is 13.2 Å². The molecular formula is C16H15BrCl2N2O3S. The van der Waals surface area contributed by atoms with Crippen molar-refractivity contribution in [2.75, 3.05) is 13.1 Å². The summed E-state index contributed by atoms with van der Waals surface area (Å²) in [5, 5.41) is 0.555. The molecule has 0 N–H and O–H groups in total. The fourth-order valence-electron chi connectivity index (χ4n) is 2.60. The number of nitrogens with zero attached hydrogens (tertiary/aromatic N) is 2. The zero-order chi connectivity index (χ0) is 18.2. The molecule has 9 heteroatoms. The second-order valence-corrected chi connectivity index (χ2v) is 9.29. The lowest BCUT2D eigenvalue weighted by atomic mass is 10.2. The van der Waals surface area contributed by atoms with Gasteiger partial charge in [-0.05, 0) is 59.1 Å². The predicted octanol–water partition coefficient (Wildman–Crippen LogP) is 4.30. The zero-order valence-electron chi connectivity index (χ0n) is 13.2. The SMILES string of the molecule is Cc1cc(S(=O)(=O)N2CCC(Oc3ncccc3Br)C2)c(Cl)cc1Cl. The Labute approximate surface area is 165 Å². The number of aromatic nitrogens is 1. The van der Waals surface area contributed by atoms with Crippen LogP contribution in [0.15, 0.2) is 39.8 Å². The average molecular weight is 466 g/mol. The van der Waals surface area contributed by atoms with Crippen LogP contribution in [0.1, 0.15) is 12.0 Å². The van der Waals surface area contributed by atoms with Crippen LogP contribution >= 0.6 is 39.1 Å². The van der Waals surface area contributed by atoms with E-state index in [0.29, 0.717) is 29.4 Å². The topological polar surface area (TPSA) is 59.5 Å². The van der Waals surface area contributed by atoms with Crippen LogP contribution in [0, 0.1) is 6.92 Å². The van der Waals surface area contributed by atoms with Gasteiger partial charge in [0.2, 0.25) is 15.9 Å². The molecular weight excluding hydrogens is 451 g/mol. The van der Waals surface area contributed by atoms with Crippen LogP contribution in [-0.4, -0.2) is 36.9 Å². The molecule has 0 aliphatic carbocycles. The van der Waals surface area contributed by atoms with Gasteiger partial charge in [-0.1, -0.05) is 23.2 Å². The van der Waals surface area contributed by atoms with E-state index in [1.807, 2.05) is 6.07 Å². The van der Waals surface area contributed by atoms with Crippen molar-refractivity contribution in [3.05, 3.63) is 50.5 Å². The van der Waals surface area contributed by atoms with Crippen LogP contribution in [0.2, 0.25) is 10.0 Å². The van der Waals surface area contributed by atoms with Crippen molar-refractivity contribution in [2.24, 2.45) is 0 Å². The Hall–Kier alpha value is -0.860. The predicted molar refractivity (Wildman–Crippen MR) is 101 cm³/mol. The highest BCUT2D eigenvalue weighted by atomic mass is 79.9. The van der Waals surface area contributed by atoms with Gasteiger partial charge in [-0.2, -0.15) is 4.31 Å². The van der Waals surface area contributed by atoms with E-state index in [9.17, 15) is 8.42 Å². The summed E-state index contributed by atoms with van der Waals surface area (Å²) in [7, 11) is -3.71. The largest absolute Gasteiger partial charge is 0.472 e. The Kier molecular flexibility index (Phi) is 5.60. The van der Waals surface area contributed by atoms with E-state index in [2.05, 4.69) is 20.9 Å². The van der Waals surface area contributed by atoms with Gasteiger partial charge in [0, 0.05) is 17.8 Å². The molecule has 25 heavy (non-hydrogen) atoms. The highest BCUT2D eigenvalue weighted by molar-refractivity contribution is 9.10. The number of rotatable bonds is 4.